The van der Waals surface area contributed by atoms with Crippen LogP contribution in [0.15, 0.2) is 0 Å². The van der Waals surface area contributed by atoms with Gasteiger partial charge in [-0.3, -0.25) is 4.79 Å². The number of carbonyl (C=O) groups excluding carboxylic acids is 1. The van der Waals surface area contributed by atoms with E-state index in [1.54, 1.807) is 0 Å². The van der Waals surface area contributed by atoms with Gasteiger partial charge in [-0.25, -0.2) is 0 Å². The molecule has 0 aromatic rings. The van der Waals surface area contributed by atoms with Gasteiger partial charge in [-0.05, 0) is 99.2 Å². The molecule has 4 aliphatic rings. The van der Waals surface area contributed by atoms with Crippen LogP contribution in [0.4, 0.5) is 0 Å². The van der Waals surface area contributed by atoms with Crippen LogP contribution in [0.3, 0.4) is 0 Å². The van der Waals surface area contributed by atoms with E-state index in [1.165, 1.54) is 38.5 Å². The van der Waals surface area contributed by atoms with Crippen molar-refractivity contribution in [1.82, 2.24) is 0 Å². The maximum Gasteiger partial charge on any atom is 0.306 e. The number of carbonyl (C=O) groups is 1. The Labute approximate surface area is 172 Å². The average Bonchev–Trinajstić information content (AvgIpc) is 2.97. The highest BCUT2D eigenvalue weighted by Gasteiger charge is 2.61. The summed E-state index contributed by atoms with van der Waals surface area (Å²) in [6, 6.07) is 0. The van der Waals surface area contributed by atoms with Crippen molar-refractivity contribution in [2.75, 3.05) is 0 Å². The number of rotatable bonds is 4. The molecule has 0 bridgehead atoms. The van der Waals surface area contributed by atoms with Gasteiger partial charge in [0.1, 0.15) is 6.10 Å². The topological polar surface area (TPSA) is 46.5 Å². The molecule has 3 nitrogen and oxygen atoms in total. The highest BCUT2D eigenvalue weighted by atomic mass is 16.5. The molecule has 4 saturated carbocycles. The summed E-state index contributed by atoms with van der Waals surface area (Å²) in [6.45, 7) is 9.31. The summed E-state index contributed by atoms with van der Waals surface area (Å²) in [5.74, 6) is 3.63. The Morgan fingerprint density at radius 3 is 2.46 bits per heavy atom. The smallest absolute Gasteiger partial charge is 0.306 e. The van der Waals surface area contributed by atoms with Gasteiger partial charge >= 0.3 is 5.97 Å². The first kappa shape index (κ1) is 20.7. The molecule has 3 heteroatoms. The Morgan fingerprint density at radius 1 is 1.00 bits per heavy atom. The molecule has 0 radical (unpaired) electrons. The summed E-state index contributed by atoms with van der Waals surface area (Å²) >= 11 is 0. The monoisotopic (exact) mass is 390 g/mol. The van der Waals surface area contributed by atoms with E-state index in [0.29, 0.717) is 23.7 Å². The Hall–Kier alpha value is -0.570. The summed E-state index contributed by atoms with van der Waals surface area (Å²) in [6.07, 6.45) is 12.2. The molecule has 0 aromatic heterocycles. The molecule has 4 rings (SSSR count). The minimum atomic E-state index is -0.0652. The van der Waals surface area contributed by atoms with Crippen LogP contribution in [0.2, 0.25) is 0 Å². The van der Waals surface area contributed by atoms with Crippen LogP contribution >= 0.6 is 0 Å². The molecular weight excluding hydrogens is 348 g/mol. The maximum atomic E-state index is 12.4. The zero-order chi connectivity index (χ0) is 20.1. The van der Waals surface area contributed by atoms with E-state index in [9.17, 15) is 9.90 Å². The third-order valence-corrected chi connectivity index (χ3v) is 9.75. The van der Waals surface area contributed by atoms with Crippen molar-refractivity contribution in [3.8, 4) is 0 Å². The summed E-state index contributed by atoms with van der Waals surface area (Å²) in [5, 5.41) is 10.2. The van der Waals surface area contributed by atoms with Gasteiger partial charge in [0, 0.05) is 11.8 Å². The van der Waals surface area contributed by atoms with E-state index < -0.39 is 0 Å². The molecule has 28 heavy (non-hydrogen) atoms. The maximum absolute atomic E-state index is 12.4. The number of hydrogen-bond donors (Lipinski definition) is 1. The van der Waals surface area contributed by atoms with Gasteiger partial charge in [0.25, 0.3) is 0 Å². The standard InChI is InChI=1S/C25H42O3/c1-16(2)5-10-23(27)28-22-9-8-20-19-7-6-17-15-18(26)11-13-24(17,3)21(19)12-14-25(20,22)4/h16-22,26H,5-15H2,1-4H3/t17-,18-,19-,20-,21-,22-,24-,25-/m0/s1. The third-order valence-electron chi connectivity index (χ3n) is 9.75. The van der Waals surface area contributed by atoms with Crippen molar-refractivity contribution < 1.29 is 14.6 Å². The van der Waals surface area contributed by atoms with Crippen LogP contribution in [-0.2, 0) is 9.53 Å². The fraction of sp³-hybridized carbons (Fsp3) is 0.960. The average molecular weight is 391 g/mol. The minimum absolute atomic E-state index is 0.0274. The fourth-order valence-electron chi connectivity index (χ4n) is 8.01. The molecule has 160 valence electrons. The summed E-state index contributed by atoms with van der Waals surface area (Å²) in [4.78, 5) is 12.4. The number of ether oxygens (including phenoxy) is 1. The van der Waals surface area contributed by atoms with Crippen molar-refractivity contribution in [1.29, 1.82) is 0 Å². The van der Waals surface area contributed by atoms with Crippen molar-refractivity contribution in [3.63, 3.8) is 0 Å². The fourth-order valence-corrected chi connectivity index (χ4v) is 8.01. The normalized spacial score (nSPS) is 47.9. The van der Waals surface area contributed by atoms with Gasteiger partial charge in [-0.15, -0.1) is 0 Å². The molecule has 8 atom stereocenters. The second kappa shape index (κ2) is 7.60. The quantitative estimate of drug-likeness (QED) is 0.623. The lowest BCUT2D eigenvalue weighted by Gasteiger charge is -2.60. The lowest BCUT2D eigenvalue weighted by Crippen LogP contribution is -2.54. The molecule has 0 saturated heterocycles. The van der Waals surface area contributed by atoms with Crippen LogP contribution < -0.4 is 0 Å². The molecule has 4 fully saturated rings. The number of esters is 1. The molecule has 0 heterocycles. The van der Waals surface area contributed by atoms with E-state index in [4.69, 9.17) is 4.74 Å². The van der Waals surface area contributed by atoms with E-state index in [1.807, 2.05) is 0 Å². The number of hydrogen-bond acceptors (Lipinski definition) is 3. The zero-order valence-electron chi connectivity index (χ0n) is 18.6. The molecule has 1 N–H and O–H groups in total. The van der Waals surface area contributed by atoms with Crippen molar-refractivity contribution in [2.24, 2.45) is 40.4 Å². The van der Waals surface area contributed by atoms with Gasteiger partial charge in [0.15, 0.2) is 0 Å². The van der Waals surface area contributed by atoms with Crippen molar-refractivity contribution in [2.45, 2.75) is 111 Å². The second-order valence-electron chi connectivity index (χ2n) is 11.6. The minimum Gasteiger partial charge on any atom is -0.462 e. The Balaban J connectivity index is 1.45. The van der Waals surface area contributed by atoms with Crippen LogP contribution in [0.5, 0.6) is 0 Å². The first-order chi connectivity index (χ1) is 13.2. The molecule has 0 unspecified atom stereocenters. The molecule has 0 spiro atoms. The second-order valence-corrected chi connectivity index (χ2v) is 11.6. The van der Waals surface area contributed by atoms with Crippen LogP contribution in [0.25, 0.3) is 0 Å². The Morgan fingerprint density at radius 2 is 1.71 bits per heavy atom. The van der Waals surface area contributed by atoms with Crippen LogP contribution in [-0.4, -0.2) is 23.3 Å². The van der Waals surface area contributed by atoms with Gasteiger partial charge < -0.3 is 9.84 Å². The van der Waals surface area contributed by atoms with Crippen molar-refractivity contribution in [3.05, 3.63) is 0 Å². The molecule has 0 aliphatic heterocycles. The van der Waals surface area contributed by atoms with E-state index >= 15 is 0 Å². The third kappa shape index (κ3) is 3.44. The van der Waals surface area contributed by atoms with Gasteiger partial charge in [0.2, 0.25) is 0 Å². The summed E-state index contributed by atoms with van der Waals surface area (Å²) in [7, 11) is 0. The zero-order valence-corrected chi connectivity index (χ0v) is 18.6. The molecule has 0 aromatic carbocycles. The SMILES string of the molecule is CC(C)CCC(=O)O[C@H]1CC[C@H]2[C@@H]3CC[C@H]4C[C@@H](O)CC[C@]4(C)[C@H]3CC[C@]12C. The van der Waals surface area contributed by atoms with E-state index in [2.05, 4.69) is 27.7 Å². The Kier molecular flexibility index (Phi) is 5.61. The van der Waals surface area contributed by atoms with Gasteiger partial charge in [-0.2, -0.15) is 0 Å². The number of aliphatic hydroxyl groups is 1. The van der Waals surface area contributed by atoms with Crippen LogP contribution in [0, 0.1) is 40.4 Å². The first-order valence-corrected chi connectivity index (χ1v) is 12.1. The lowest BCUT2D eigenvalue weighted by molar-refractivity contribution is -0.165. The highest BCUT2D eigenvalue weighted by Crippen LogP contribution is 2.66. The predicted molar refractivity (Wildman–Crippen MR) is 112 cm³/mol. The van der Waals surface area contributed by atoms with Gasteiger partial charge in [0.05, 0.1) is 6.10 Å². The lowest BCUT2D eigenvalue weighted by atomic mass is 9.45. The summed E-state index contributed by atoms with van der Waals surface area (Å²) < 4.78 is 6.09. The predicted octanol–water partition coefficient (Wildman–Crippen LogP) is 5.74. The number of aliphatic hydroxyl groups excluding tert-OH is 1. The highest BCUT2D eigenvalue weighted by molar-refractivity contribution is 5.69. The first-order valence-electron chi connectivity index (χ1n) is 12.1. The summed E-state index contributed by atoms with van der Waals surface area (Å²) in [5.41, 5.74) is 0.613. The van der Waals surface area contributed by atoms with Crippen molar-refractivity contribution >= 4 is 5.97 Å². The number of fused-ring (bicyclic) bond motifs is 5. The Bertz CT molecular complexity index is 586. The van der Waals surface area contributed by atoms with Crippen LogP contribution in [0.1, 0.15) is 98.3 Å². The van der Waals surface area contributed by atoms with E-state index in [0.717, 1.165) is 43.4 Å². The molecular formula is C25H42O3. The molecule has 0 amide bonds. The molecule has 4 aliphatic carbocycles. The largest absolute Gasteiger partial charge is 0.462 e. The van der Waals surface area contributed by atoms with Gasteiger partial charge in [-0.1, -0.05) is 27.7 Å². The van der Waals surface area contributed by atoms with E-state index in [-0.39, 0.29) is 23.6 Å².